The molecule has 0 fully saturated rings. The van der Waals surface area contributed by atoms with Gasteiger partial charge < -0.3 is 5.11 Å². The van der Waals surface area contributed by atoms with Gasteiger partial charge in [0.15, 0.2) is 0 Å². The normalized spacial score (nSPS) is 12.1. The van der Waals surface area contributed by atoms with E-state index in [0.29, 0.717) is 0 Å². The second-order valence-corrected chi connectivity index (χ2v) is 3.53. The average molecular weight is 240 g/mol. The quantitative estimate of drug-likeness (QED) is 0.326. The number of rotatable bonds is 6. The molecule has 1 nitrogen and oxygen atoms in total. The topological polar surface area (TPSA) is 20.2 Å². The van der Waals surface area contributed by atoms with Gasteiger partial charge in [-0.1, -0.05) is 74.6 Å². The van der Waals surface area contributed by atoms with Crippen LogP contribution in [0.15, 0.2) is 49.1 Å². The Balaban J connectivity index is 3.86. The third kappa shape index (κ3) is 12.1. The van der Waals surface area contributed by atoms with Crippen LogP contribution in [0.25, 0.3) is 0 Å². The third-order valence-corrected chi connectivity index (χ3v) is 1.95. The summed E-state index contributed by atoms with van der Waals surface area (Å²) in [6, 6.07) is 0. The van der Waals surface area contributed by atoms with Crippen molar-refractivity contribution in [3.63, 3.8) is 0 Å². The highest BCUT2D eigenvalue weighted by Crippen LogP contribution is 1.94. The molecule has 0 heterocycles. The van der Waals surface area contributed by atoms with Crippen LogP contribution in [0.3, 0.4) is 0 Å². The number of hydrogen-bond acceptors (Lipinski definition) is 1. The van der Waals surface area contributed by atoms with Crippen LogP contribution in [0, 0.1) is 23.7 Å². The summed E-state index contributed by atoms with van der Waals surface area (Å²) in [6.45, 7) is 5.59. The van der Waals surface area contributed by atoms with Crippen LogP contribution < -0.4 is 0 Å². The van der Waals surface area contributed by atoms with Gasteiger partial charge in [-0.05, 0) is 24.3 Å². The molecular weight excluding hydrogens is 220 g/mol. The van der Waals surface area contributed by atoms with Crippen LogP contribution in [-0.4, -0.2) is 11.2 Å². The molecule has 0 aliphatic heterocycles. The van der Waals surface area contributed by atoms with E-state index in [2.05, 4.69) is 43.3 Å². The highest BCUT2D eigenvalue weighted by atomic mass is 16.3. The molecule has 0 spiro atoms. The van der Waals surface area contributed by atoms with Gasteiger partial charge in [-0.15, -0.1) is 0 Å². The second-order valence-electron chi connectivity index (χ2n) is 3.53. The molecule has 1 heteroatoms. The highest BCUT2D eigenvalue weighted by Gasteiger charge is 1.83. The van der Waals surface area contributed by atoms with E-state index in [1.54, 1.807) is 6.08 Å². The van der Waals surface area contributed by atoms with Crippen molar-refractivity contribution in [2.45, 2.75) is 32.3 Å². The fraction of sp³-hybridized carbons (Fsp3) is 0.294. The lowest BCUT2D eigenvalue weighted by Gasteiger charge is -1.86. The molecule has 1 N–H and O–H groups in total. The Hall–Kier alpha value is -1.96. The van der Waals surface area contributed by atoms with Gasteiger partial charge in [-0.3, -0.25) is 0 Å². The minimum atomic E-state index is -0.795. The maximum absolute atomic E-state index is 9.02. The van der Waals surface area contributed by atoms with E-state index in [9.17, 15) is 0 Å². The van der Waals surface area contributed by atoms with E-state index in [-0.39, 0.29) is 0 Å². The Bertz CT molecular complexity index is 416. The van der Waals surface area contributed by atoms with Gasteiger partial charge in [0.2, 0.25) is 0 Å². The van der Waals surface area contributed by atoms with E-state index in [0.717, 1.165) is 6.42 Å². The van der Waals surface area contributed by atoms with Gasteiger partial charge >= 0.3 is 0 Å². The van der Waals surface area contributed by atoms with Gasteiger partial charge in [0.1, 0.15) is 6.10 Å². The molecule has 0 aliphatic carbocycles. The molecule has 0 aromatic heterocycles. The Kier molecular flexibility index (Phi) is 11.7. The third-order valence-electron chi connectivity index (χ3n) is 1.95. The minimum Gasteiger partial charge on any atom is -0.377 e. The van der Waals surface area contributed by atoms with E-state index in [1.165, 1.54) is 18.9 Å². The molecule has 0 bridgehead atoms. The summed E-state index contributed by atoms with van der Waals surface area (Å²) in [7, 11) is 0. The summed E-state index contributed by atoms with van der Waals surface area (Å²) in [4.78, 5) is 0. The van der Waals surface area contributed by atoms with Crippen LogP contribution in [0.2, 0.25) is 0 Å². The van der Waals surface area contributed by atoms with Crippen LogP contribution in [0.1, 0.15) is 26.2 Å². The van der Waals surface area contributed by atoms with Gasteiger partial charge in [0.25, 0.3) is 0 Å². The number of hydrogen-bond donors (Lipinski definition) is 1. The molecule has 1 unspecified atom stereocenters. The summed E-state index contributed by atoms with van der Waals surface area (Å²) in [5.41, 5.74) is 0. The van der Waals surface area contributed by atoms with Gasteiger partial charge in [0, 0.05) is 0 Å². The Morgan fingerprint density at radius 3 is 2.67 bits per heavy atom. The molecule has 0 aromatic rings. The van der Waals surface area contributed by atoms with Crippen molar-refractivity contribution in [2.24, 2.45) is 0 Å². The molecule has 1 atom stereocenters. The zero-order valence-corrected chi connectivity index (χ0v) is 10.9. The van der Waals surface area contributed by atoms with Crippen LogP contribution in [0.5, 0.6) is 0 Å². The van der Waals surface area contributed by atoms with E-state index < -0.39 is 6.10 Å². The maximum atomic E-state index is 9.02. The zero-order chi connectivity index (χ0) is 13.5. The van der Waals surface area contributed by atoms with Gasteiger partial charge in [-0.2, -0.15) is 0 Å². The molecule has 0 aromatic carbocycles. The first-order chi connectivity index (χ1) is 8.81. The number of allylic oxidation sites excluding steroid dienone is 6. The lowest BCUT2D eigenvalue weighted by Crippen LogP contribution is -1.94. The molecule has 18 heavy (non-hydrogen) atoms. The van der Waals surface area contributed by atoms with Crippen molar-refractivity contribution in [3.05, 3.63) is 49.1 Å². The first-order valence-corrected chi connectivity index (χ1v) is 6.11. The second kappa shape index (κ2) is 13.1. The average Bonchev–Trinajstić information content (AvgIpc) is 2.39. The summed E-state index contributed by atoms with van der Waals surface area (Å²) in [5, 5.41) is 9.02. The number of unbranched alkanes of at least 4 members (excludes halogenated alkanes) is 2. The molecule has 0 radical (unpaired) electrons. The van der Waals surface area contributed by atoms with Crippen LogP contribution >= 0.6 is 0 Å². The first-order valence-electron chi connectivity index (χ1n) is 6.11. The maximum Gasteiger partial charge on any atom is 0.134 e. The van der Waals surface area contributed by atoms with Crippen LogP contribution in [-0.2, 0) is 0 Å². The van der Waals surface area contributed by atoms with E-state index >= 15 is 0 Å². The fourth-order valence-electron chi connectivity index (χ4n) is 0.975. The Labute approximate surface area is 111 Å². The summed E-state index contributed by atoms with van der Waals surface area (Å²) in [6.07, 6.45) is 15.8. The smallest absolute Gasteiger partial charge is 0.134 e. The van der Waals surface area contributed by atoms with Crippen molar-refractivity contribution in [2.75, 3.05) is 0 Å². The molecule has 0 rings (SSSR count). The Morgan fingerprint density at radius 2 is 1.94 bits per heavy atom. The van der Waals surface area contributed by atoms with E-state index in [1.807, 2.05) is 24.3 Å². The molecule has 0 saturated heterocycles. The fourth-order valence-corrected chi connectivity index (χ4v) is 0.975. The predicted octanol–water partition coefficient (Wildman–Crippen LogP) is 3.40. The lowest BCUT2D eigenvalue weighted by molar-refractivity contribution is 0.281. The summed E-state index contributed by atoms with van der Waals surface area (Å²) in [5.74, 6) is 10.4. The molecule has 0 amide bonds. The Morgan fingerprint density at radius 1 is 1.17 bits per heavy atom. The standard InChI is InChI=1S/C17H20O/c1-3-5-6-7-8-9-10-11-12-13-14-15-16-17(18)4-2/h4,7-12,17-18H,2-3,5-6H2,1H3/b8-7+,10-9+,12-11-. The zero-order valence-electron chi connectivity index (χ0n) is 10.9. The first kappa shape index (κ1) is 16.0. The summed E-state index contributed by atoms with van der Waals surface area (Å²) < 4.78 is 0. The number of aliphatic hydroxyl groups excluding tert-OH is 1. The van der Waals surface area contributed by atoms with Crippen molar-refractivity contribution < 1.29 is 5.11 Å². The highest BCUT2D eigenvalue weighted by molar-refractivity contribution is 5.33. The van der Waals surface area contributed by atoms with Crippen LogP contribution in [0.4, 0.5) is 0 Å². The predicted molar refractivity (Wildman–Crippen MR) is 78.7 cm³/mol. The van der Waals surface area contributed by atoms with Crippen molar-refractivity contribution in [1.82, 2.24) is 0 Å². The van der Waals surface area contributed by atoms with Crippen molar-refractivity contribution in [1.29, 1.82) is 0 Å². The monoisotopic (exact) mass is 240 g/mol. The van der Waals surface area contributed by atoms with Gasteiger partial charge in [0.05, 0.1) is 0 Å². The van der Waals surface area contributed by atoms with Crippen molar-refractivity contribution >= 4 is 0 Å². The minimum absolute atomic E-state index is 0.795. The van der Waals surface area contributed by atoms with E-state index in [4.69, 9.17) is 5.11 Å². The number of aliphatic hydroxyl groups is 1. The molecule has 0 saturated carbocycles. The molecule has 0 aliphatic rings. The SMILES string of the molecule is C=CC(O)C#CC#C\C=C/C=C/C=C/CCCC. The molecule has 94 valence electrons. The summed E-state index contributed by atoms with van der Waals surface area (Å²) >= 11 is 0. The lowest BCUT2D eigenvalue weighted by atomic mass is 10.2. The van der Waals surface area contributed by atoms with Gasteiger partial charge in [-0.25, -0.2) is 0 Å². The van der Waals surface area contributed by atoms with Crippen molar-refractivity contribution in [3.8, 4) is 23.7 Å². The molecular formula is C17H20O. The largest absolute Gasteiger partial charge is 0.377 e.